The van der Waals surface area contributed by atoms with Crippen LogP contribution in [0.4, 0.5) is 0 Å². The molecule has 0 aliphatic rings. The van der Waals surface area contributed by atoms with Gasteiger partial charge >= 0.3 is 14.8 Å². The van der Waals surface area contributed by atoms with Crippen LogP contribution in [0.25, 0.3) is 0 Å². The smallest absolute Gasteiger partial charge is 0.372 e. The summed E-state index contributed by atoms with van der Waals surface area (Å²) >= 11 is -3.40. The van der Waals surface area contributed by atoms with Gasteiger partial charge in [0.25, 0.3) is 0 Å². The monoisotopic (exact) mass is 183 g/mol. The Morgan fingerprint density at radius 3 is 1.40 bits per heavy atom. The zero-order valence-electron chi connectivity index (χ0n) is 2.02. The van der Waals surface area contributed by atoms with E-state index in [4.69, 9.17) is 12.6 Å². The molecule has 0 amide bonds. The molecule has 5 heavy (non-hydrogen) atoms. The topological polar surface area (TPSA) is 66.3 Å². The summed E-state index contributed by atoms with van der Waals surface area (Å²) in [5.41, 5.74) is 0. The number of hydrogen-bond acceptors (Lipinski definition) is 3. The van der Waals surface area contributed by atoms with Crippen LogP contribution in [0.5, 0.6) is 0 Å². The molecule has 0 aliphatic carbocycles. The van der Waals surface area contributed by atoms with Gasteiger partial charge in [-0.2, -0.15) is 0 Å². The normalized spacial score (nSPS) is 7.20. The Kier molecular flexibility index (Phi) is 9.08. The molecule has 0 unspecified atom stereocenters. The average Bonchev–Trinajstić information content (AvgIpc) is 0.811. The third-order valence-corrected chi connectivity index (χ3v) is 0. The molecule has 0 bridgehead atoms. The van der Waals surface area contributed by atoms with Gasteiger partial charge in [0.15, 0.2) is 0 Å². The van der Waals surface area contributed by atoms with Crippen LogP contribution in [0, 0.1) is 14.8 Å². The minimum Gasteiger partial charge on any atom is -0.372 e. The van der Waals surface area contributed by atoms with E-state index < -0.39 is 14.8 Å². The molecule has 0 aromatic heterocycles. The van der Waals surface area contributed by atoms with E-state index in [1.165, 1.54) is 0 Å². The van der Waals surface area contributed by atoms with Crippen LogP contribution in [0.15, 0.2) is 0 Å². The van der Waals surface area contributed by atoms with Gasteiger partial charge in [-0.05, 0) is 4.20 Å². The Morgan fingerprint density at radius 2 is 1.40 bits per heavy atom. The van der Waals surface area contributed by atoms with E-state index in [9.17, 15) is 0 Å². The molecule has 0 atom stereocenters. The molecule has 0 fully saturated rings. The van der Waals surface area contributed by atoms with E-state index in [0.29, 0.717) is 0 Å². The molecule has 0 saturated heterocycles. The van der Waals surface area contributed by atoms with Crippen LogP contribution in [0.1, 0.15) is 0 Å². The summed E-state index contributed by atoms with van der Waals surface area (Å²) in [6, 6.07) is 0. The van der Waals surface area contributed by atoms with Crippen molar-refractivity contribution in [2.45, 2.75) is 0 Å². The van der Waals surface area contributed by atoms with Crippen LogP contribution in [0.2, 0.25) is 0 Å². The van der Waals surface area contributed by atoms with Gasteiger partial charge < -0.3 is 8.40 Å². The van der Waals surface area contributed by atoms with E-state index in [1.54, 1.807) is 0 Å². The van der Waals surface area contributed by atoms with Gasteiger partial charge in [-0.15, -0.1) is 0 Å². The van der Waals surface area contributed by atoms with Crippen molar-refractivity contribution >= 4 is 0 Å². The summed E-state index contributed by atoms with van der Waals surface area (Å²) < 4.78 is 24.3. The van der Waals surface area contributed by atoms with Gasteiger partial charge in [-0.3, -0.25) is 0 Å². The molecule has 0 saturated carbocycles. The fourth-order valence-corrected chi connectivity index (χ4v) is 0. The first kappa shape index (κ1) is 9.30. The number of hydrogen-bond donors (Lipinski definition) is 1. The largest absolute Gasteiger partial charge is 0.433 e. The molecule has 3 nitrogen and oxygen atoms in total. The summed E-state index contributed by atoms with van der Waals surface area (Å²) in [5, 5.41) is 0. The Hall–Kier alpha value is 0.879. The number of halogens is 1. The van der Waals surface area contributed by atoms with Crippen LogP contribution < -0.4 is 8.40 Å². The molecule has 0 aromatic rings. The average molecular weight is 184 g/mol. The fourth-order valence-electron chi connectivity index (χ4n) is 0. The Labute approximate surface area is 44.9 Å². The molecule has 1 N–H and O–H groups in total. The first-order chi connectivity index (χ1) is 1.73. The Balaban J connectivity index is 0. The first-order valence-electron chi connectivity index (χ1n) is 0.478. The van der Waals surface area contributed by atoms with Crippen LogP contribution in [-0.2, 0) is 17.1 Å². The van der Waals surface area contributed by atoms with Gasteiger partial charge in [-0.25, -0.2) is 0 Å². The Morgan fingerprint density at radius 1 is 1.40 bits per heavy atom. The summed E-state index contributed by atoms with van der Waals surface area (Å²) in [6.45, 7) is 0. The van der Waals surface area contributed by atoms with Gasteiger partial charge in [0.2, 0.25) is 0 Å². The van der Waals surface area contributed by atoms with Crippen molar-refractivity contribution < 1.29 is 44.5 Å². The van der Waals surface area contributed by atoms with Crippen molar-refractivity contribution in [2.75, 3.05) is 0 Å². The maximum Gasteiger partial charge on any atom is 0.433 e. The third-order valence-electron chi connectivity index (χ3n) is 0. The predicted molar refractivity (Wildman–Crippen MR) is 2.22 cm³/mol. The summed E-state index contributed by atoms with van der Waals surface area (Å²) in [7, 11) is 0. The zero-order chi connectivity index (χ0) is 3.58. The zero-order valence-corrected chi connectivity index (χ0v) is 4.79. The van der Waals surface area contributed by atoms with Crippen LogP contribution in [-0.4, -0.2) is 4.20 Å². The second-order valence-corrected chi connectivity index (χ2v) is 1.04. The van der Waals surface area contributed by atoms with Gasteiger partial charge in [-0.1, -0.05) is 0 Å². The van der Waals surface area contributed by atoms with Crippen molar-refractivity contribution in [1.82, 2.24) is 0 Å². The number of rotatable bonds is 0. The molecule has 0 spiro atoms. The first-order valence-corrected chi connectivity index (χ1v) is 2.48. The van der Waals surface area contributed by atoms with Crippen molar-refractivity contribution in [3.63, 3.8) is 0 Å². The SMILES string of the molecule is [Mn].[O-][Br+2]([O-])O. The third kappa shape index (κ3) is 52.3. The molecule has 0 aromatic carbocycles. The Bertz CT molecular complexity index is 11.6. The van der Waals surface area contributed by atoms with E-state index in [2.05, 4.69) is 0 Å². The van der Waals surface area contributed by atoms with Crippen molar-refractivity contribution in [1.29, 1.82) is 0 Å². The van der Waals surface area contributed by atoms with E-state index in [-0.39, 0.29) is 17.1 Å². The van der Waals surface area contributed by atoms with E-state index in [1.807, 2.05) is 0 Å². The molecule has 5 heteroatoms. The summed E-state index contributed by atoms with van der Waals surface area (Å²) in [5.74, 6) is 0. The van der Waals surface area contributed by atoms with Crippen LogP contribution in [0.3, 0.4) is 0 Å². The molecule has 0 aliphatic heterocycles. The van der Waals surface area contributed by atoms with Gasteiger partial charge in [0, 0.05) is 17.1 Å². The van der Waals surface area contributed by atoms with Gasteiger partial charge in [0.05, 0.1) is 0 Å². The van der Waals surface area contributed by atoms with Crippen molar-refractivity contribution in [2.24, 2.45) is 0 Å². The molecular formula is HBrMnO3. The summed E-state index contributed by atoms with van der Waals surface area (Å²) in [4.78, 5) is 0. The van der Waals surface area contributed by atoms with Gasteiger partial charge in [0.1, 0.15) is 0 Å². The van der Waals surface area contributed by atoms with E-state index in [0.717, 1.165) is 0 Å². The standard InChI is InChI=1S/BrHO3.Mn/c2-1(3)4;/h2H;. The molecule has 0 rings (SSSR count). The van der Waals surface area contributed by atoms with E-state index >= 15 is 0 Å². The second-order valence-electron chi connectivity index (χ2n) is 0.201. The maximum atomic E-state index is 8.63. The summed E-state index contributed by atoms with van der Waals surface area (Å²) in [6.07, 6.45) is 0. The molecule has 1 radical (unpaired) electrons. The second kappa shape index (κ2) is 4.88. The molecule has 33 valence electrons. The molecule has 0 heterocycles. The minimum absolute atomic E-state index is 0. The van der Waals surface area contributed by atoms with Crippen molar-refractivity contribution in [3.05, 3.63) is 0 Å². The van der Waals surface area contributed by atoms with Crippen molar-refractivity contribution in [3.8, 4) is 0 Å². The fraction of sp³-hybridized carbons (Fsp3) is 0. The minimum atomic E-state index is -3.40. The van der Waals surface area contributed by atoms with Crippen LogP contribution >= 0.6 is 0 Å². The molecular weight excluding hydrogens is 183 g/mol. The quantitative estimate of drug-likeness (QED) is 0.409. The maximum absolute atomic E-state index is 8.63. The predicted octanol–water partition coefficient (Wildman–Crippen LogP) is -2.94.